The molecule has 1 aromatic carbocycles. The van der Waals surface area contributed by atoms with Crippen molar-refractivity contribution in [2.75, 3.05) is 0 Å². The molecular weight excluding hydrogens is 224 g/mol. The van der Waals surface area contributed by atoms with Crippen LogP contribution in [0.3, 0.4) is 0 Å². The molecule has 17 heavy (non-hydrogen) atoms. The summed E-state index contributed by atoms with van der Waals surface area (Å²) < 4.78 is 0. The minimum Gasteiger partial charge on any atom is -0.474 e. The van der Waals surface area contributed by atoms with E-state index in [9.17, 15) is 9.59 Å². The summed E-state index contributed by atoms with van der Waals surface area (Å²) in [5, 5.41) is 25.0. The topological polar surface area (TPSA) is 140 Å². The van der Waals surface area contributed by atoms with Gasteiger partial charge >= 0.3 is 11.9 Å². The molecule has 0 aromatic heterocycles. The van der Waals surface area contributed by atoms with Crippen molar-refractivity contribution < 1.29 is 14.7 Å². The maximum absolute atomic E-state index is 9.32. The van der Waals surface area contributed by atoms with Crippen molar-refractivity contribution in [1.29, 1.82) is 10.8 Å². The molecule has 0 radical (unpaired) electrons. The first-order valence-corrected chi connectivity index (χ1v) is 4.50. The summed E-state index contributed by atoms with van der Waals surface area (Å²) in [5.74, 6) is -2.28. The maximum Gasteiger partial charge on any atom is 0.394 e. The Morgan fingerprint density at radius 3 is 1.76 bits per heavy atom. The lowest BCUT2D eigenvalue weighted by atomic mass is 10.1. The maximum atomic E-state index is 9.32. The predicted molar refractivity (Wildman–Crippen MR) is 60.1 cm³/mol. The van der Waals surface area contributed by atoms with Crippen molar-refractivity contribution in [2.45, 2.75) is 0 Å². The van der Waals surface area contributed by atoms with Gasteiger partial charge < -0.3 is 16.2 Å². The summed E-state index contributed by atoms with van der Waals surface area (Å²) in [6.07, 6.45) is 0. The highest BCUT2D eigenvalue weighted by atomic mass is 16.4. The summed E-state index contributed by atoms with van der Waals surface area (Å²) in [7, 11) is 0. The van der Waals surface area contributed by atoms with Crippen LogP contribution in [-0.2, 0) is 9.59 Å². The number of rotatable bonds is 0. The third kappa shape index (κ3) is 2.88. The second-order valence-corrected chi connectivity index (χ2v) is 3.09. The molecule has 0 saturated heterocycles. The first kappa shape index (κ1) is 12.4. The number of hydrogen-bond acceptors (Lipinski definition) is 4. The van der Waals surface area contributed by atoms with Gasteiger partial charge in [0, 0.05) is 11.1 Å². The van der Waals surface area contributed by atoms with Crippen LogP contribution < -0.4 is 11.1 Å². The molecule has 1 amide bonds. The van der Waals surface area contributed by atoms with E-state index in [1.165, 1.54) is 0 Å². The van der Waals surface area contributed by atoms with E-state index in [4.69, 9.17) is 15.9 Å². The van der Waals surface area contributed by atoms with Gasteiger partial charge in [0.1, 0.15) is 11.7 Å². The average Bonchev–Trinajstić information content (AvgIpc) is 2.56. The molecule has 0 spiro atoms. The van der Waals surface area contributed by atoms with Crippen molar-refractivity contribution >= 4 is 23.5 Å². The molecule has 1 heterocycles. The van der Waals surface area contributed by atoms with Gasteiger partial charge in [-0.2, -0.15) is 0 Å². The van der Waals surface area contributed by atoms with Crippen LogP contribution in [0, 0.1) is 10.8 Å². The number of carbonyl (C=O) groups is 2. The molecule has 0 saturated carbocycles. The number of aliphatic carboxylic acids is 1. The number of benzene rings is 1. The van der Waals surface area contributed by atoms with Crippen LogP contribution in [-0.4, -0.2) is 28.7 Å². The number of fused-ring (bicyclic) bond motifs is 1. The van der Waals surface area contributed by atoms with Crippen molar-refractivity contribution in [3.05, 3.63) is 35.4 Å². The summed E-state index contributed by atoms with van der Waals surface area (Å²) in [6.45, 7) is 0. The predicted octanol–water partition coefficient (Wildman–Crippen LogP) is -0.503. The number of amides is 1. The Balaban J connectivity index is 0.000000209. The molecule has 6 N–H and O–H groups in total. The van der Waals surface area contributed by atoms with Crippen molar-refractivity contribution in [1.82, 2.24) is 5.32 Å². The van der Waals surface area contributed by atoms with Crippen molar-refractivity contribution in [3.63, 3.8) is 0 Å². The first-order chi connectivity index (χ1) is 7.93. The van der Waals surface area contributed by atoms with Gasteiger partial charge in [0.2, 0.25) is 0 Å². The molecule has 7 heteroatoms. The van der Waals surface area contributed by atoms with Gasteiger partial charge in [-0.3, -0.25) is 15.6 Å². The number of hydrogen-bond donors (Lipinski definition) is 5. The number of carbonyl (C=O) groups excluding carboxylic acids is 1. The van der Waals surface area contributed by atoms with Crippen LogP contribution in [0.4, 0.5) is 0 Å². The monoisotopic (exact) mass is 234 g/mol. The molecule has 0 atom stereocenters. The molecule has 2 rings (SSSR count). The molecule has 0 bridgehead atoms. The van der Waals surface area contributed by atoms with Crippen LogP contribution in [0.2, 0.25) is 0 Å². The number of primary amides is 1. The minimum absolute atomic E-state index is 0.325. The molecule has 1 aliphatic heterocycles. The standard InChI is InChI=1S/C8H7N3.C2H3NO3/c9-7-5-3-1-2-4-6(5)8(10)11-7;3-1(4)2(5)6/h1-4H,(H3,9,10,11);(H2,3,4)(H,5,6). The minimum atomic E-state index is -1.60. The highest BCUT2D eigenvalue weighted by Gasteiger charge is 2.18. The van der Waals surface area contributed by atoms with E-state index in [0.29, 0.717) is 11.7 Å². The SMILES string of the molecule is N=C1NC(=N)c2ccccc21.NC(=O)C(=O)O. The fourth-order valence-electron chi connectivity index (χ4n) is 1.18. The zero-order valence-electron chi connectivity index (χ0n) is 8.65. The molecule has 0 aliphatic carbocycles. The van der Waals surface area contributed by atoms with E-state index in [-0.39, 0.29) is 0 Å². The summed E-state index contributed by atoms with van der Waals surface area (Å²) in [5.41, 5.74) is 5.83. The lowest BCUT2D eigenvalue weighted by molar-refractivity contribution is -0.148. The lowest BCUT2D eigenvalue weighted by Gasteiger charge is -1.91. The van der Waals surface area contributed by atoms with Gasteiger partial charge in [-0.05, 0) is 0 Å². The Kier molecular flexibility index (Phi) is 3.55. The third-order valence-corrected chi connectivity index (χ3v) is 1.93. The number of amidine groups is 2. The summed E-state index contributed by atoms with van der Waals surface area (Å²) >= 11 is 0. The summed E-state index contributed by atoms with van der Waals surface area (Å²) in [4.78, 5) is 18.5. The number of nitrogens with one attached hydrogen (secondary N) is 3. The van der Waals surface area contributed by atoms with Gasteiger partial charge in [0.25, 0.3) is 0 Å². The van der Waals surface area contributed by atoms with Crippen molar-refractivity contribution in [3.8, 4) is 0 Å². The number of nitrogens with two attached hydrogens (primary N) is 1. The third-order valence-electron chi connectivity index (χ3n) is 1.93. The second-order valence-electron chi connectivity index (χ2n) is 3.09. The Hall–Kier alpha value is -2.70. The van der Waals surface area contributed by atoms with Gasteiger partial charge in [-0.25, -0.2) is 4.79 Å². The van der Waals surface area contributed by atoms with E-state index in [1.807, 2.05) is 24.3 Å². The highest BCUT2D eigenvalue weighted by molar-refractivity contribution is 6.30. The van der Waals surface area contributed by atoms with Crippen LogP contribution in [0.25, 0.3) is 0 Å². The van der Waals surface area contributed by atoms with E-state index in [2.05, 4.69) is 11.1 Å². The van der Waals surface area contributed by atoms with E-state index in [1.54, 1.807) is 0 Å². The fourth-order valence-corrected chi connectivity index (χ4v) is 1.18. The Labute approximate surface area is 96.3 Å². The number of carboxylic acids is 1. The molecule has 0 unspecified atom stereocenters. The van der Waals surface area contributed by atoms with Crippen LogP contribution >= 0.6 is 0 Å². The van der Waals surface area contributed by atoms with Gasteiger partial charge in [-0.15, -0.1) is 0 Å². The first-order valence-electron chi connectivity index (χ1n) is 4.50. The smallest absolute Gasteiger partial charge is 0.394 e. The molecule has 0 fully saturated rings. The van der Waals surface area contributed by atoms with Crippen LogP contribution in [0.1, 0.15) is 11.1 Å². The Bertz CT molecular complexity index is 465. The van der Waals surface area contributed by atoms with Crippen LogP contribution in [0.5, 0.6) is 0 Å². The lowest BCUT2D eigenvalue weighted by Crippen LogP contribution is -2.21. The molecule has 1 aromatic rings. The highest BCUT2D eigenvalue weighted by Crippen LogP contribution is 2.13. The largest absolute Gasteiger partial charge is 0.474 e. The van der Waals surface area contributed by atoms with E-state index >= 15 is 0 Å². The Morgan fingerprint density at radius 1 is 1.12 bits per heavy atom. The Morgan fingerprint density at radius 2 is 1.47 bits per heavy atom. The quantitative estimate of drug-likeness (QED) is 0.386. The van der Waals surface area contributed by atoms with E-state index < -0.39 is 11.9 Å². The van der Waals surface area contributed by atoms with E-state index in [0.717, 1.165) is 11.1 Å². The van der Waals surface area contributed by atoms with Crippen molar-refractivity contribution in [2.24, 2.45) is 5.73 Å². The fraction of sp³-hybridized carbons (Fsp3) is 0. The summed E-state index contributed by atoms with van der Waals surface area (Å²) in [6, 6.07) is 7.42. The normalized spacial score (nSPS) is 12.0. The molecule has 7 nitrogen and oxygen atoms in total. The second kappa shape index (κ2) is 4.88. The molecule has 1 aliphatic rings. The zero-order chi connectivity index (χ0) is 13.0. The number of carboxylic acid groups (broad SMARTS) is 1. The average molecular weight is 234 g/mol. The van der Waals surface area contributed by atoms with Crippen LogP contribution in [0.15, 0.2) is 24.3 Å². The molecule has 88 valence electrons. The van der Waals surface area contributed by atoms with Gasteiger partial charge in [0.05, 0.1) is 0 Å². The molecular formula is C10H10N4O3. The van der Waals surface area contributed by atoms with Gasteiger partial charge in [-0.1, -0.05) is 24.3 Å². The zero-order valence-corrected chi connectivity index (χ0v) is 8.65. The van der Waals surface area contributed by atoms with Gasteiger partial charge in [0.15, 0.2) is 0 Å².